The number of carboxylic acid groups (broad SMARTS) is 1. The molecule has 0 aromatic heterocycles. The van der Waals surface area contributed by atoms with Gasteiger partial charge in [-0.05, 0) is 24.6 Å². The quantitative estimate of drug-likeness (QED) is 0.739. The number of carboxylic acids is 1. The SMILES string of the molecule is Cc1ccc(C(=O)N[C@H](CC(=O)O)C(N)=O)cc1Cl. The highest BCUT2D eigenvalue weighted by atomic mass is 35.5. The predicted octanol–water partition coefficient (Wildman–Crippen LogP) is 0.707. The van der Waals surface area contributed by atoms with Crippen LogP contribution in [0.5, 0.6) is 0 Å². The number of primary amides is 1. The van der Waals surface area contributed by atoms with E-state index in [1.807, 2.05) is 0 Å². The van der Waals surface area contributed by atoms with Gasteiger partial charge in [-0.3, -0.25) is 14.4 Å². The summed E-state index contributed by atoms with van der Waals surface area (Å²) in [6.07, 6.45) is -0.569. The Kier molecular flexibility index (Phi) is 4.88. The van der Waals surface area contributed by atoms with E-state index < -0.39 is 30.2 Å². The first-order valence-electron chi connectivity index (χ1n) is 5.39. The Balaban J connectivity index is 2.84. The van der Waals surface area contributed by atoms with Crippen LogP contribution in [0.3, 0.4) is 0 Å². The summed E-state index contributed by atoms with van der Waals surface area (Å²) in [7, 11) is 0. The van der Waals surface area contributed by atoms with Gasteiger partial charge in [-0.1, -0.05) is 17.7 Å². The van der Waals surface area contributed by atoms with Gasteiger partial charge in [-0.2, -0.15) is 0 Å². The molecule has 0 saturated carbocycles. The maximum absolute atomic E-state index is 11.8. The molecule has 0 radical (unpaired) electrons. The first kappa shape index (κ1) is 15.0. The molecule has 7 heteroatoms. The van der Waals surface area contributed by atoms with Crippen LogP contribution in [-0.4, -0.2) is 28.9 Å². The Morgan fingerprint density at radius 1 is 1.42 bits per heavy atom. The average molecular weight is 285 g/mol. The number of amides is 2. The molecular weight excluding hydrogens is 272 g/mol. The van der Waals surface area contributed by atoms with E-state index in [1.54, 1.807) is 13.0 Å². The zero-order valence-corrected chi connectivity index (χ0v) is 10.9. The van der Waals surface area contributed by atoms with Gasteiger partial charge in [0.05, 0.1) is 6.42 Å². The van der Waals surface area contributed by atoms with E-state index in [2.05, 4.69) is 5.32 Å². The molecule has 102 valence electrons. The van der Waals surface area contributed by atoms with Gasteiger partial charge in [0, 0.05) is 10.6 Å². The van der Waals surface area contributed by atoms with Crippen LogP contribution in [0.4, 0.5) is 0 Å². The van der Waals surface area contributed by atoms with Crippen molar-refractivity contribution in [3.8, 4) is 0 Å². The molecule has 1 rings (SSSR count). The summed E-state index contributed by atoms with van der Waals surface area (Å²) in [5.74, 6) is -2.74. The summed E-state index contributed by atoms with van der Waals surface area (Å²) < 4.78 is 0. The fourth-order valence-electron chi connectivity index (χ4n) is 1.37. The van der Waals surface area contributed by atoms with Crippen molar-refractivity contribution in [2.75, 3.05) is 0 Å². The minimum Gasteiger partial charge on any atom is -0.481 e. The lowest BCUT2D eigenvalue weighted by Crippen LogP contribution is -2.45. The molecule has 0 aliphatic rings. The number of hydrogen-bond acceptors (Lipinski definition) is 3. The van der Waals surface area contributed by atoms with Gasteiger partial charge in [0.25, 0.3) is 5.91 Å². The molecular formula is C12H13ClN2O4. The van der Waals surface area contributed by atoms with Gasteiger partial charge in [-0.25, -0.2) is 0 Å². The fraction of sp³-hybridized carbons (Fsp3) is 0.250. The highest BCUT2D eigenvalue weighted by Gasteiger charge is 2.22. The van der Waals surface area contributed by atoms with Crippen LogP contribution in [0.25, 0.3) is 0 Å². The van der Waals surface area contributed by atoms with E-state index in [9.17, 15) is 14.4 Å². The zero-order valence-electron chi connectivity index (χ0n) is 10.1. The molecule has 0 spiro atoms. The molecule has 0 bridgehead atoms. The summed E-state index contributed by atoms with van der Waals surface area (Å²) in [4.78, 5) is 33.4. The van der Waals surface area contributed by atoms with E-state index in [0.29, 0.717) is 5.02 Å². The smallest absolute Gasteiger partial charge is 0.305 e. The van der Waals surface area contributed by atoms with Crippen LogP contribution in [0, 0.1) is 6.92 Å². The molecule has 0 heterocycles. The number of halogens is 1. The normalized spacial score (nSPS) is 11.7. The van der Waals surface area contributed by atoms with Gasteiger partial charge < -0.3 is 16.2 Å². The molecule has 1 atom stereocenters. The van der Waals surface area contributed by atoms with Crippen molar-refractivity contribution in [3.05, 3.63) is 34.3 Å². The van der Waals surface area contributed by atoms with Crippen LogP contribution in [0.15, 0.2) is 18.2 Å². The summed E-state index contributed by atoms with van der Waals surface area (Å²) in [6, 6.07) is 3.35. The maximum Gasteiger partial charge on any atom is 0.305 e. The number of nitrogens with two attached hydrogens (primary N) is 1. The van der Waals surface area contributed by atoms with Crippen molar-refractivity contribution < 1.29 is 19.5 Å². The predicted molar refractivity (Wildman–Crippen MR) is 68.9 cm³/mol. The molecule has 1 aromatic carbocycles. The number of carbonyl (C=O) groups excluding carboxylic acids is 2. The Morgan fingerprint density at radius 2 is 2.05 bits per heavy atom. The van der Waals surface area contributed by atoms with Crippen LogP contribution in [0.2, 0.25) is 5.02 Å². The van der Waals surface area contributed by atoms with E-state index in [-0.39, 0.29) is 5.56 Å². The molecule has 0 aliphatic carbocycles. The molecule has 4 N–H and O–H groups in total. The Hall–Kier alpha value is -2.08. The molecule has 0 aliphatic heterocycles. The first-order chi connectivity index (χ1) is 8.81. The third-order valence-electron chi connectivity index (χ3n) is 2.46. The van der Waals surface area contributed by atoms with Crippen LogP contribution in [0.1, 0.15) is 22.3 Å². The molecule has 0 fully saturated rings. The van der Waals surface area contributed by atoms with Gasteiger partial charge in [0.1, 0.15) is 6.04 Å². The number of rotatable bonds is 5. The largest absolute Gasteiger partial charge is 0.481 e. The maximum atomic E-state index is 11.8. The van der Waals surface area contributed by atoms with Gasteiger partial charge in [0.2, 0.25) is 5.91 Å². The molecule has 0 unspecified atom stereocenters. The average Bonchev–Trinajstić information content (AvgIpc) is 2.31. The summed E-state index contributed by atoms with van der Waals surface area (Å²) in [5.41, 5.74) is 6.05. The van der Waals surface area contributed by atoms with Crippen molar-refractivity contribution >= 4 is 29.4 Å². The monoisotopic (exact) mass is 284 g/mol. The lowest BCUT2D eigenvalue weighted by atomic mass is 10.1. The van der Waals surface area contributed by atoms with Crippen LogP contribution in [-0.2, 0) is 9.59 Å². The second kappa shape index (κ2) is 6.19. The molecule has 2 amide bonds. The standard InChI is InChI=1S/C12H13ClN2O4/c1-6-2-3-7(4-8(6)13)12(19)15-9(11(14)18)5-10(16)17/h2-4,9H,5H2,1H3,(H2,14,18)(H,15,19)(H,16,17)/t9-/m1/s1. The molecule has 1 aromatic rings. The Bertz CT molecular complexity index is 530. The van der Waals surface area contributed by atoms with Crippen LogP contribution >= 0.6 is 11.6 Å². The van der Waals surface area contributed by atoms with Crippen molar-refractivity contribution in [1.29, 1.82) is 0 Å². The number of aryl methyl sites for hydroxylation is 1. The fourth-order valence-corrected chi connectivity index (χ4v) is 1.55. The zero-order chi connectivity index (χ0) is 14.6. The third kappa shape index (κ3) is 4.26. The van der Waals surface area contributed by atoms with E-state index in [0.717, 1.165) is 5.56 Å². The van der Waals surface area contributed by atoms with Crippen molar-refractivity contribution in [1.82, 2.24) is 5.32 Å². The van der Waals surface area contributed by atoms with Crippen molar-refractivity contribution in [2.24, 2.45) is 5.73 Å². The third-order valence-corrected chi connectivity index (χ3v) is 2.87. The molecule has 19 heavy (non-hydrogen) atoms. The van der Waals surface area contributed by atoms with E-state index >= 15 is 0 Å². The first-order valence-corrected chi connectivity index (χ1v) is 5.77. The summed E-state index contributed by atoms with van der Waals surface area (Å²) in [6.45, 7) is 1.78. The second-order valence-corrected chi connectivity index (χ2v) is 4.40. The molecule has 6 nitrogen and oxygen atoms in total. The Morgan fingerprint density at radius 3 is 2.53 bits per heavy atom. The van der Waals surface area contributed by atoms with Gasteiger partial charge in [0.15, 0.2) is 0 Å². The van der Waals surface area contributed by atoms with E-state index in [1.165, 1.54) is 12.1 Å². The summed E-state index contributed by atoms with van der Waals surface area (Å²) in [5, 5.41) is 11.3. The minimum atomic E-state index is -1.26. The van der Waals surface area contributed by atoms with E-state index in [4.69, 9.17) is 22.4 Å². The number of aliphatic carboxylic acids is 1. The number of benzene rings is 1. The van der Waals surface area contributed by atoms with Crippen molar-refractivity contribution in [2.45, 2.75) is 19.4 Å². The summed E-state index contributed by atoms with van der Waals surface area (Å²) >= 11 is 5.88. The number of hydrogen-bond donors (Lipinski definition) is 3. The topological polar surface area (TPSA) is 109 Å². The Labute approximate surface area is 114 Å². The van der Waals surface area contributed by atoms with Gasteiger partial charge >= 0.3 is 5.97 Å². The lowest BCUT2D eigenvalue weighted by molar-refractivity contribution is -0.139. The minimum absolute atomic E-state index is 0.229. The lowest BCUT2D eigenvalue weighted by Gasteiger charge is -2.13. The highest BCUT2D eigenvalue weighted by molar-refractivity contribution is 6.31. The second-order valence-electron chi connectivity index (χ2n) is 3.99. The van der Waals surface area contributed by atoms with Gasteiger partial charge in [-0.15, -0.1) is 0 Å². The highest BCUT2D eigenvalue weighted by Crippen LogP contribution is 2.16. The van der Waals surface area contributed by atoms with Crippen LogP contribution < -0.4 is 11.1 Å². The van der Waals surface area contributed by atoms with Crippen molar-refractivity contribution in [3.63, 3.8) is 0 Å². The number of carbonyl (C=O) groups is 3. The number of nitrogens with one attached hydrogen (secondary N) is 1. The molecule has 0 saturated heterocycles.